The lowest BCUT2D eigenvalue weighted by atomic mass is 9.93. The third-order valence-corrected chi connectivity index (χ3v) is 7.82. The molecule has 4 aliphatic rings. The molecule has 0 radical (unpaired) electrons. The van der Waals surface area contributed by atoms with Crippen molar-refractivity contribution in [2.24, 2.45) is 5.92 Å². The molecule has 3 saturated heterocycles. The lowest BCUT2D eigenvalue weighted by molar-refractivity contribution is 0.107. The molecular formula is C22H26ClF2N5O2. The van der Waals surface area contributed by atoms with Crippen molar-refractivity contribution in [2.75, 3.05) is 37.7 Å². The van der Waals surface area contributed by atoms with Crippen molar-refractivity contribution in [1.29, 1.82) is 0 Å². The first-order chi connectivity index (χ1) is 15.4. The van der Waals surface area contributed by atoms with E-state index in [0.717, 1.165) is 38.8 Å². The van der Waals surface area contributed by atoms with Crippen LogP contribution in [0.5, 0.6) is 11.9 Å². The molecule has 0 aromatic carbocycles. The number of aromatic nitrogens is 3. The van der Waals surface area contributed by atoms with Gasteiger partial charge in [-0.25, -0.2) is 8.78 Å². The van der Waals surface area contributed by atoms with Crippen LogP contribution < -0.4 is 14.4 Å². The highest BCUT2D eigenvalue weighted by atomic mass is 35.5. The van der Waals surface area contributed by atoms with Gasteiger partial charge in [-0.05, 0) is 38.1 Å². The minimum atomic E-state index is -0.848. The molecule has 2 aromatic rings. The number of halogens is 3. The first-order valence-electron chi connectivity index (χ1n) is 11.4. The second-order valence-corrected chi connectivity index (χ2v) is 10.1. The summed E-state index contributed by atoms with van der Waals surface area (Å²) in [7, 11) is 0. The number of pyridine rings is 1. The quantitative estimate of drug-likeness (QED) is 0.639. The van der Waals surface area contributed by atoms with Crippen molar-refractivity contribution in [1.82, 2.24) is 19.9 Å². The average molecular weight is 466 g/mol. The summed E-state index contributed by atoms with van der Waals surface area (Å²) in [6.07, 6.45) is 3.45. The lowest BCUT2D eigenvalue weighted by Crippen LogP contribution is -2.45. The highest BCUT2D eigenvalue weighted by molar-refractivity contribution is 6.30. The maximum Gasteiger partial charge on any atom is 0.319 e. The van der Waals surface area contributed by atoms with Gasteiger partial charge in [0, 0.05) is 19.5 Å². The lowest BCUT2D eigenvalue weighted by Gasteiger charge is -2.38. The molecule has 0 spiro atoms. The zero-order chi connectivity index (χ0) is 22.0. The predicted molar refractivity (Wildman–Crippen MR) is 116 cm³/mol. The van der Waals surface area contributed by atoms with Crippen molar-refractivity contribution < 1.29 is 18.3 Å². The van der Waals surface area contributed by atoms with Crippen LogP contribution in [-0.2, 0) is 0 Å². The van der Waals surface area contributed by atoms with Gasteiger partial charge in [-0.15, -0.1) is 0 Å². The van der Waals surface area contributed by atoms with E-state index in [1.807, 2.05) is 0 Å². The highest BCUT2D eigenvalue weighted by Gasteiger charge is 2.49. The molecule has 6 rings (SSSR count). The smallest absolute Gasteiger partial charge is 0.319 e. The van der Waals surface area contributed by atoms with Gasteiger partial charge in [0.05, 0.1) is 11.6 Å². The summed E-state index contributed by atoms with van der Waals surface area (Å²) in [6.45, 7) is 5.03. The number of hydrogen-bond acceptors (Lipinski definition) is 7. The van der Waals surface area contributed by atoms with Gasteiger partial charge in [-0.1, -0.05) is 18.5 Å². The first kappa shape index (κ1) is 20.6. The molecule has 6 heterocycles. The van der Waals surface area contributed by atoms with Crippen LogP contribution >= 0.6 is 11.6 Å². The van der Waals surface area contributed by atoms with E-state index >= 15 is 4.39 Å². The summed E-state index contributed by atoms with van der Waals surface area (Å²) in [6, 6.07) is 0.189. The van der Waals surface area contributed by atoms with Crippen LogP contribution in [-0.4, -0.2) is 70.5 Å². The molecule has 0 unspecified atom stereocenters. The molecule has 32 heavy (non-hydrogen) atoms. The van der Waals surface area contributed by atoms with Crippen molar-refractivity contribution in [3.8, 4) is 11.9 Å². The van der Waals surface area contributed by atoms with E-state index in [1.165, 1.54) is 0 Å². The molecule has 0 bridgehead atoms. The van der Waals surface area contributed by atoms with Gasteiger partial charge < -0.3 is 14.4 Å². The second kappa shape index (κ2) is 7.52. The number of fused-ring (bicyclic) bond motifs is 3. The van der Waals surface area contributed by atoms with E-state index in [4.69, 9.17) is 26.1 Å². The summed E-state index contributed by atoms with van der Waals surface area (Å²) in [5.41, 5.74) is -0.285. The Morgan fingerprint density at radius 2 is 2.16 bits per heavy atom. The standard InChI is InChI=1S/C22H26ClF2N5O2/c1-12-3-6-30-14(7-12)10-31-20-15-17(16(25)18(23)27-20)26-21(28-19(15)30)32-11-22-4-2-5-29(22)9-13(24)8-22/h12-14H,2-11H2,1H3/t12-,13+,14-,22-/m0/s1. The van der Waals surface area contributed by atoms with Gasteiger partial charge in [0.2, 0.25) is 5.88 Å². The van der Waals surface area contributed by atoms with Gasteiger partial charge in [-0.3, -0.25) is 4.90 Å². The van der Waals surface area contributed by atoms with E-state index in [2.05, 4.69) is 26.7 Å². The van der Waals surface area contributed by atoms with Crippen LogP contribution in [0.2, 0.25) is 5.15 Å². The molecule has 0 saturated carbocycles. The third kappa shape index (κ3) is 3.19. The Balaban J connectivity index is 1.41. The van der Waals surface area contributed by atoms with Gasteiger partial charge in [0.25, 0.3) is 0 Å². The Kier molecular flexibility index (Phi) is 4.84. The van der Waals surface area contributed by atoms with Crippen LogP contribution in [0.25, 0.3) is 10.9 Å². The van der Waals surface area contributed by atoms with E-state index < -0.39 is 12.0 Å². The van der Waals surface area contributed by atoms with Crippen molar-refractivity contribution in [2.45, 2.75) is 56.8 Å². The van der Waals surface area contributed by atoms with Gasteiger partial charge in [0.1, 0.15) is 36.1 Å². The number of rotatable bonds is 3. The Hall–Kier alpha value is -2.00. The largest absolute Gasteiger partial charge is 0.475 e. The number of anilines is 1. The topological polar surface area (TPSA) is 63.6 Å². The average Bonchev–Trinajstić information content (AvgIpc) is 3.24. The Labute approximate surface area is 190 Å². The summed E-state index contributed by atoms with van der Waals surface area (Å²) in [5, 5.41) is 0.148. The number of piperidine rings is 1. The molecule has 4 atom stereocenters. The summed E-state index contributed by atoms with van der Waals surface area (Å²) in [5.74, 6) is 0.683. The number of ether oxygens (including phenoxy) is 2. The SMILES string of the molecule is C[C@H]1CCN2c3nc(OC[C@@]45CCCN4C[C@H](F)C5)nc4c(F)c(Cl)nc(c34)OC[C@@H]2C1. The number of nitrogens with zero attached hydrogens (tertiary/aromatic N) is 5. The maximum absolute atomic E-state index is 15.1. The van der Waals surface area contributed by atoms with E-state index in [9.17, 15) is 4.39 Å². The van der Waals surface area contributed by atoms with E-state index in [-0.39, 0.29) is 40.7 Å². The molecule has 0 amide bonds. The van der Waals surface area contributed by atoms with Crippen LogP contribution in [0.4, 0.5) is 14.6 Å². The minimum Gasteiger partial charge on any atom is -0.475 e. The fourth-order valence-electron chi connectivity index (χ4n) is 5.96. The number of alkyl halides is 1. The summed E-state index contributed by atoms with van der Waals surface area (Å²) >= 11 is 6.07. The third-order valence-electron chi connectivity index (χ3n) is 7.57. The summed E-state index contributed by atoms with van der Waals surface area (Å²) in [4.78, 5) is 17.5. The van der Waals surface area contributed by atoms with Crippen molar-refractivity contribution >= 4 is 28.3 Å². The molecular weight excluding hydrogens is 440 g/mol. The minimum absolute atomic E-state index is 0.0508. The molecule has 0 aliphatic carbocycles. The van der Waals surface area contributed by atoms with Crippen LogP contribution in [0.1, 0.15) is 39.0 Å². The molecule has 7 nitrogen and oxygen atoms in total. The zero-order valence-electron chi connectivity index (χ0n) is 18.0. The van der Waals surface area contributed by atoms with Gasteiger partial charge in [-0.2, -0.15) is 15.0 Å². The normalized spacial score (nSPS) is 31.9. The molecule has 3 fully saturated rings. The van der Waals surface area contributed by atoms with Gasteiger partial charge >= 0.3 is 6.01 Å². The fourth-order valence-corrected chi connectivity index (χ4v) is 6.13. The van der Waals surface area contributed by atoms with Gasteiger partial charge in [0.15, 0.2) is 11.0 Å². The van der Waals surface area contributed by atoms with Crippen LogP contribution in [0, 0.1) is 11.7 Å². The zero-order valence-corrected chi connectivity index (χ0v) is 18.7. The predicted octanol–water partition coefficient (Wildman–Crippen LogP) is 3.77. The van der Waals surface area contributed by atoms with E-state index in [1.54, 1.807) is 0 Å². The van der Waals surface area contributed by atoms with Crippen molar-refractivity contribution in [3.63, 3.8) is 0 Å². The molecule has 2 aromatic heterocycles. The monoisotopic (exact) mass is 465 g/mol. The molecule has 4 aliphatic heterocycles. The highest BCUT2D eigenvalue weighted by Crippen LogP contribution is 2.43. The fraction of sp³-hybridized carbons (Fsp3) is 0.682. The Bertz CT molecular complexity index is 1070. The first-order valence-corrected chi connectivity index (χ1v) is 11.8. The van der Waals surface area contributed by atoms with Crippen LogP contribution in [0.3, 0.4) is 0 Å². The van der Waals surface area contributed by atoms with Crippen molar-refractivity contribution in [3.05, 3.63) is 11.0 Å². The van der Waals surface area contributed by atoms with Crippen LogP contribution in [0.15, 0.2) is 0 Å². The molecule has 10 heteroatoms. The summed E-state index contributed by atoms with van der Waals surface area (Å²) < 4.78 is 41.2. The molecule has 0 N–H and O–H groups in total. The van der Waals surface area contributed by atoms with E-state index in [0.29, 0.717) is 36.7 Å². The Morgan fingerprint density at radius 3 is 3.03 bits per heavy atom. The number of hydrogen-bond donors (Lipinski definition) is 0. The second-order valence-electron chi connectivity index (χ2n) is 9.73. The maximum atomic E-state index is 15.1. The Morgan fingerprint density at radius 1 is 1.28 bits per heavy atom. The molecule has 172 valence electrons.